The van der Waals surface area contributed by atoms with E-state index < -0.39 is 0 Å². The van der Waals surface area contributed by atoms with Crippen LogP contribution < -0.4 is 10.5 Å². The van der Waals surface area contributed by atoms with Crippen molar-refractivity contribution < 1.29 is 4.74 Å². The molecule has 3 aromatic rings. The molecular weight excluding hydrogens is 260 g/mol. The van der Waals surface area contributed by atoms with Crippen molar-refractivity contribution in [2.24, 2.45) is 5.73 Å². The topological polar surface area (TPSA) is 48.1 Å². The summed E-state index contributed by atoms with van der Waals surface area (Å²) in [5, 5.41) is 1.15. The number of pyridine rings is 1. The second-order valence-corrected chi connectivity index (χ2v) is 5.31. The van der Waals surface area contributed by atoms with Gasteiger partial charge in [0.25, 0.3) is 0 Å². The van der Waals surface area contributed by atoms with E-state index >= 15 is 0 Å². The van der Waals surface area contributed by atoms with Crippen molar-refractivity contribution in [2.45, 2.75) is 13.0 Å². The molecule has 0 saturated heterocycles. The van der Waals surface area contributed by atoms with E-state index in [-0.39, 0.29) is 0 Å². The van der Waals surface area contributed by atoms with Gasteiger partial charge in [-0.3, -0.25) is 4.98 Å². The quantitative estimate of drug-likeness (QED) is 0.781. The first-order valence-electron chi connectivity index (χ1n) is 7.19. The summed E-state index contributed by atoms with van der Waals surface area (Å²) in [6, 6.07) is 14.7. The SMILES string of the molecule is NCc1cc(-c2cccc3cccnc23)cc2c1OCC2. The highest BCUT2D eigenvalue weighted by atomic mass is 16.5. The lowest BCUT2D eigenvalue weighted by Gasteiger charge is -2.11. The molecule has 104 valence electrons. The van der Waals surface area contributed by atoms with Crippen LogP contribution in [0.3, 0.4) is 0 Å². The standard InChI is InChI=1S/C18H16N2O/c19-11-15-10-14(9-13-6-8-21-18(13)15)16-5-1-3-12-4-2-7-20-17(12)16/h1-5,7,9-10H,6,8,11,19H2. The average molecular weight is 276 g/mol. The molecule has 0 radical (unpaired) electrons. The van der Waals surface area contributed by atoms with Crippen LogP contribution in [0.15, 0.2) is 48.7 Å². The molecule has 3 nitrogen and oxygen atoms in total. The van der Waals surface area contributed by atoms with Crippen LogP contribution in [0, 0.1) is 0 Å². The lowest BCUT2D eigenvalue weighted by atomic mass is 9.96. The van der Waals surface area contributed by atoms with E-state index in [1.807, 2.05) is 12.3 Å². The summed E-state index contributed by atoms with van der Waals surface area (Å²) in [5.41, 5.74) is 11.6. The van der Waals surface area contributed by atoms with Gasteiger partial charge >= 0.3 is 0 Å². The van der Waals surface area contributed by atoms with Crippen LogP contribution in [0.2, 0.25) is 0 Å². The Kier molecular flexibility index (Phi) is 2.86. The smallest absolute Gasteiger partial charge is 0.127 e. The molecule has 0 atom stereocenters. The van der Waals surface area contributed by atoms with Crippen molar-refractivity contribution in [3.63, 3.8) is 0 Å². The summed E-state index contributed by atoms with van der Waals surface area (Å²) in [4.78, 5) is 4.54. The molecule has 2 heterocycles. The monoisotopic (exact) mass is 276 g/mol. The highest BCUT2D eigenvalue weighted by Crippen LogP contribution is 2.36. The fourth-order valence-corrected chi connectivity index (χ4v) is 3.03. The molecule has 0 aliphatic carbocycles. The molecule has 1 aliphatic rings. The normalized spacial score (nSPS) is 13.2. The van der Waals surface area contributed by atoms with E-state index in [1.165, 1.54) is 11.1 Å². The lowest BCUT2D eigenvalue weighted by Crippen LogP contribution is -2.00. The first-order valence-corrected chi connectivity index (χ1v) is 7.19. The number of benzene rings is 2. The van der Waals surface area contributed by atoms with Gasteiger partial charge in [0.15, 0.2) is 0 Å². The number of nitrogens with two attached hydrogens (primary N) is 1. The summed E-state index contributed by atoms with van der Waals surface area (Å²) in [7, 11) is 0. The Morgan fingerprint density at radius 1 is 1.14 bits per heavy atom. The van der Waals surface area contributed by atoms with Gasteiger partial charge in [-0.2, -0.15) is 0 Å². The summed E-state index contributed by atoms with van der Waals surface area (Å²) < 4.78 is 5.70. The second kappa shape index (κ2) is 4.86. The van der Waals surface area contributed by atoms with Gasteiger partial charge in [-0.25, -0.2) is 0 Å². The van der Waals surface area contributed by atoms with Crippen LogP contribution in [-0.2, 0) is 13.0 Å². The minimum absolute atomic E-state index is 0.494. The Balaban J connectivity index is 1.97. The second-order valence-electron chi connectivity index (χ2n) is 5.31. The first-order chi connectivity index (χ1) is 10.4. The van der Waals surface area contributed by atoms with E-state index in [4.69, 9.17) is 10.5 Å². The molecule has 0 spiro atoms. The van der Waals surface area contributed by atoms with Crippen molar-refractivity contribution in [1.82, 2.24) is 4.98 Å². The van der Waals surface area contributed by atoms with E-state index in [0.29, 0.717) is 6.54 Å². The van der Waals surface area contributed by atoms with Crippen molar-refractivity contribution in [1.29, 1.82) is 0 Å². The molecule has 0 fully saturated rings. The molecule has 1 aliphatic heterocycles. The molecule has 4 rings (SSSR count). The van der Waals surface area contributed by atoms with Crippen molar-refractivity contribution >= 4 is 10.9 Å². The highest BCUT2D eigenvalue weighted by molar-refractivity contribution is 5.93. The predicted octanol–water partition coefficient (Wildman–Crippen LogP) is 3.30. The van der Waals surface area contributed by atoms with Crippen LogP contribution in [-0.4, -0.2) is 11.6 Å². The number of hydrogen-bond acceptors (Lipinski definition) is 3. The fraction of sp³-hybridized carbons (Fsp3) is 0.167. The van der Waals surface area contributed by atoms with E-state index in [0.717, 1.165) is 40.8 Å². The minimum Gasteiger partial charge on any atom is -0.493 e. The molecule has 0 amide bonds. The van der Waals surface area contributed by atoms with Gasteiger partial charge < -0.3 is 10.5 Å². The van der Waals surface area contributed by atoms with Crippen LogP contribution in [0.1, 0.15) is 11.1 Å². The third-order valence-electron chi connectivity index (χ3n) is 4.02. The van der Waals surface area contributed by atoms with Crippen molar-refractivity contribution in [3.8, 4) is 16.9 Å². The molecule has 0 saturated carbocycles. The molecule has 3 heteroatoms. The number of nitrogens with zero attached hydrogens (tertiary/aromatic N) is 1. The Labute approximate surface area is 123 Å². The zero-order chi connectivity index (χ0) is 14.2. The largest absolute Gasteiger partial charge is 0.493 e. The zero-order valence-electron chi connectivity index (χ0n) is 11.7. The van der Waals surface area contributed by atoms with Crippen LogP contribution in [0.4, 0.5) is 0 Å². The molecule has 0 bridgehead atoms. The first kappa shape index (κ1) is 12.4. The Bertz CT molecular complexity index is 821. The maximum absolute atomic E-state index is 5.89. The van der Waals surface area contributed by atoms with Gasteiger partial charge in [0.05, 0.1) is 12.1 Å². The maximum atomic E-state index is 5.89. The minimum atomic E-state index is 0.494. The Morgan fingerprint density at radius 3 is 2.95 bits per heavy atom. The highest BCUT2D eigenvalue weighted by Gasteiger charge is 2.18. The number of hydrogen-bond donors (Lipinski definition) is 1. The molecule has 21 heavy (non-hydrogen) atoms. The van der Waals surface area contributed by atoms with Gasteiger partial charge in [0.1, 0.15) is 5.75 Å². The van der Waals surface area contributed by atoms with Gasteiger partial charge in [0.2, 0.25) is 0 Å². The van der Waals surface area contributed by atoms with Gasteiger partial charge in [-0.15, -0.1) is 0 Å². The molecule has 0 unspecified atom stereocenters. The summed E-state index contributed by atoms with van der Waals surface area (Å²) in [6.45, 7) is 1.24. The van der Waals surface area contributed by atoms with Gasteiger partial charge in [0, 0.05) is 35.7 Å². The predicted molar refractivity (Wildman–Crippen MR) is 84.3 cm³/mol. The maximum Gasteiger partial charge on any atom is 0.127 e. The summed E-state index contributed by atoms with van der Waals surface area (Å²) in [6.07, 6.45) is 2.79. The summed E-state index contributed by atoms with van der Waals surface area (Å²) in [5.74, 6) is 0.981. The van der Waals surface area contributed by atoms with Crippen LogP contribution >= 0.6 is 0 Å². The van der Waals surface area contributed by atoms with Gasteiger partial charge in [-0.05, 0) is 29.3 Å². The zero-order valence-corrected chi connectivity index (χ0v) is 11.7. The molecule has 1 aromatic heterocycles. The number of aromatic nitrogens is 1. The average Bonchev–Trinajstić information content (AvgIpc) is 3.02. The molecular formula is C18H16N2O. The number of ether oxygens (including phenoxy) is 1. The third kappa shape index (κ3) is 1.98. The van der Waals surface area contributed by atoms with Gasteiger partial charge in [-0.1, -0.05) is 24.3 Å². The number of fused-ring (bicyclic) bond motifs is 2. The fourth-order valence-electron chi connectivity index (χ4n) is 3.03. The summed E-state index contributed by atoms with van der Waals surface area (Å²) >= 11 is 0. The molecule has 2 aromatic carbocycles. The Morgan fingerprint density at radius 2 is 2.05 bits per heavy atom. The van der Waals surface area contributed by atoms with E-state index in [9.17, 15) is 0 Å². The van der Waals surface area contributed by atoms with E-state index in [1.54, 1.807) is 0 Å². The Hall–Kier alpha value is -2.39. The number of rotatable bonds is 2. The van der Waals surface area contributed by atoms with E-state index in [2.05, 4.69) is 41.4 Å². The third-order valence-corrected chi connectivity index (χ3v) is 4.02. The number of para-hydroxylation sites is 1. The molecule has 2 N–H and O–H groups in total. The lowest BCUT2D eigenvalue weighted by molar-refractivity contribution is 0.353. The van der Waals surface area contributed by atoms with Crippen molar-refractivity contribution in [3.05, 3.63) is 59.8 Å². The van der Waals surface area contributed by atoms with Crippen molar-refractivity contribution in [2.75, 3.05) is 6.61 Å². The van der Waals surface area contributed by atoms with Crippen LogP contribution in [0.25, 0.3) is 22.0 Å². The van der Waals surface area contributed by atoms with Crippen LogP contribution in [0.5, 0.6) is 5.75 Å².